The van der Waals surface area contributed by atoms with E-state index in [0.29, 0.717) is 6.54 Å². The molecule has 0 saturated carbocycles. The molecule has 0 spiro atoms. The molecule has 1 amide bonds. The Bertz CT molecular complexity index is 760. The van der Waals surface area contributed by atoms with E-state index in [4.69, 9.17) is 0 Å². The third-order valence-electron chi connectivity index (χ3n) is 6.45. The van der Waals surface area contributed by atoms with E-state index in [9.17, 15) is 4.79 Å². The summed E-state index contributed by atoms with van der Waals surface area (Å²) < 4.78 is 0. The number of piperidine rings is 2. The molecule has 0 N–H and O–H groups in total. The Morgan fingerprint density at radius 3 is 2.38 bits per heavy atom. The highest BCUT2D eigenvalue weighted by molar-refractivity contribution is 7.09. The van der Waals surface area contributed by atoms with E-state index in [1.807, 2.05) is 30.0 Å². The van der Waals surface area contributed by atoms with Crippen molar-refractivity contribution in [2.45, 2.75) is 51.6 Å². The number of hydrogen-bond donors (Lipinski definition) is 0. The van der Waals surface area contributed by atoms with Gasteiger partial charge in [-0.2, -0.15) is 0 Å². The topological polar surface area (TPSA) is 26.8 Å². The minimum absolute atomic E-state index is 0.122. The SMILES string of the molecule is CCN(Cc1cccs1)C(=O)c1ccc(N2CCC(N3CCCCC3)CC2)cc1. The van der Waals surface area contributed by atoms with Gasteiger partial charge >= 0.3 is 0 Å². The molecule has 29 heavy (non-hydrogen) atoms. The molecule has 1 aromatic carbocycles. The van der Waals surface area contributed by atoms with E-state index < -0.39 is 0 Å². The van der Waals surface area contributed by atoms with Gasteiger partial charge in [-0.1, -0.05) is 12.5 Å². The van der Waals surface area contributed by atoms with Crippen LogP contribution in [0.2, 0.25) is 0 Å². The van der Waals surface area contributed by atoms with Crippen LogP contribution in [0.1, 0.15) is 54.3 Å². The second-order valence-electron chi connectivity index (χ2n) is 8.26. The van der Waals surface area contributed by atoms with Crippen molar-refractivity contribution in [3.8, 4) is 0 Å². The molecule has 3 heterocycles. The van der Waals surface area contributed by atoms with Crippen LogP contribution in [0.15, 0.2) is 41.8 Å². The van der Waals surface area contributed by atoms with Crippen LogP contribution in [0.3, 0.4) is 0 Å². The molecule has 2 aliphatic rings. The molecule has 0 bridgehead atoms. The number of likely N-dealkylation sites (tertiary alicyclic amines) is 1. The number of carbonyl (C=O) groups excluding carboxylic acids is 1. The predicted octanol–water partition coefficient (Wildman–Crippen LogP) is 4.87. The molecule has 0 radical (unpaired) electrons. The fourth-order valence-corrected chi connectivity index (χ4v) is 5.41. The van der Waals surface area contributed by atoms with Gasteiger partial charge in [0.15, 0.2) is 0 Å². The minimum atomic E-state index is 0.122. The van der Waals surface area contributed by atoms with Gasteiger partial charge in [0.2, 0.25) is 0 Å². The average molecular weight is 412 g/mol. The molecule has 2 aliphatic heterocycles. The zero-order valence-corrected chi connectivity index (χ0v) is 18.4. The van der Waals surface area contributed by atoms with Crippen LogP contribution in [-0.2, 0) is 6.54 Å². The smallest absolute Gasteiger partial charge is 0.254 e. The van der Waals surface area contributed by atoms with Crippen molar-refractivity contribution in [3.05, 3.63) is 52.2 Å². The van der Waals surface area contributed by atoms with E-state index in [2.05, 4.69) is 33.4 Å². The lowest BCUT2D eigenvalue weighted by atomic mass is 9.99. The molecule has 5 heteroatoms. The summed E-state index contributed by atoms with van der Waals surface area (Å²) in [6.07, 6.45) is 6.66. The Morgan fingerprint density at radius 2 is 1.76 bits per heavy atom. The van der Waals surface area contributed by atoms with Crippen LogP contribution in [0.4, 0.5) is 5.69 Å². The fourth-order valence-electron chi connectivity index (χ4n) is 4.69. The first-order chi connectivity index (χ1) is 14.2. The molecule has 0 unspecified atom stereocenters. The lowest BCUT2D eigenvalue weighted by Gasteiger charge is -2.41. The number of hydrogen-bond acceptors (Lipinski definition) is 4. The molecule has 1 aromatic heterocycles. The van der Waals surface area contributed by atoms with Crippen molar-refractivity contribution >= 4 is 22.9 Å². The molecule has 2 saturated heterocycles. The van der Waals surface area contributed by atoms with Crippen molar-refractivity contribution in [1.29, 1.82) is 0 Å². The summed E-state index contributed by atoms with van der Waals surface area (Å²) in [5.74, 6) is 0.122. The molecular weight excluding hydrogens is 378 g/mol. The van der Waals surface area contributed by atoms with E-state index in [-0.39, 0.29) is 5.91 Å². The average Bonchev–Trinajstić information content (AvgIpc) is 3.31. The van der Waals surface area contributed by atoms with Crippen LogP contribution in [0.5, 0.6) is 0 Å². The first kappa shape index (κ1) is 20.4. The van der Waals surface area contributed by atoms with Crippen LogP contribution < -0.4 is 4.90 Å². The fraction of sp³-hybridized carbons (Fsp3) is 0.542. The van der Waals surface area contributed by atoms with E-state index in [1.54, 1.807) is 11.3 Å². The molecule has 4 nitrogen and oxygen atoms in total. The number of benzene rings is 1. The molecule has 0 aliphatic carbocycles. The van der Waals surface area contributed by atoms with Crippen LogP contribution in [-0.4, -0.2) is 54.5 Å². The third-order valence-corrected chi connectivity index (χ3v) is 7.31. The number of nitrogens with zero attached hydrogens (tertiary/aromatic N) is 3. The first-order valence-corrected chi connectivity index (χ1v) is 12.0. The number of amides is 1. The minimum Gasteiger partial charge on any atom is -0.371 e. The van der Waals surface area contributed by atoms with Gasteiger partial charge in [-0.05, 0) is 81.4 Å². The lowest BCUT2D eigenvalue weighted by Crippen LogP contribution is -2.46. The van der Waals surface area contributed by atoms with Gasteiger partial charge in [-0.25, -0.2) is 0 Å². The Hall–Kier alpha value is -1.85. The van der Waals surface area contributed by atoms with E-state index in [1.165, 1.54) is 55.8 Å². The third kappa shape index (κ3) is 5.01. The molecule has 2 aromatic rings. The van der Waals surface area contributed by atoms with Crippen molar-refractivity contribution in [3.63, 3.8) is 0 Å². The van der Waals surface area contributed by atoms with Crippen molar-refractivity contribution in [2.24, 2.45) is 0 Å². The Balaban J connectivity index is 1.33. The van der Waals surface area contributed by atoms with Gasteiger partial charge in [-0.3, -0.25) is 4.79 Å². The maximum atomic E-state index is 12.9. The lowest BCUT2D eigenvalue weighted by molar-refractivity contribution is 0.0754. The first-order valence-electron chi connectivity index (χ1n) is 11.2. The zero-order valence-electron chi connectivity index (χ0n) is 17.6. The zero-order chi connectivity index (χ0) is 20.1. The number of thiophene rings is 1. The monoisotopic (exact) mass is 411 g/mol. The number of carbonyl (C=O) groups is 1. The van der Waals surface area contributed by atoms with Crippen LogP contribution in [0, 0.1) is 0 Å². The number of anilines is 1. The maximum absolute atomic E-state index is 12.9. The summed E-state index contributed by atoms with van der Waals surface area (Å²) in [7, 11) is 0. The summed E-state index contributed by atoms with van der Waals surface area (Å²) in [4.78, 5) is 21.3. The van der Waals surface area contributed by atoms with Gasteiger partial charge in [0.1, 0.15) is 0 Å². The Kier molecular flexibility index (Phi) is 6.88. The highest BCUT2D eigenvalue weighted by Gasteiger charge is 2.25. The van der Waals surface area contributed by atoms with Gasteiger partial charge in [0.25, 0.3) is 5.91 Å². The molecule has 156 valence electrons. The van der Waals surface area contributed by atoms with Gasteiger partial charge in [0.05, 0.1) is 6.54 Å². The molecule has 4 rings (SSSR count). The predicted molar refractivity (Wildman–Crippen MR) is 122 cm³/mol. The highest BCUT2D eigenvalue weighted by atomic mass is 32.1. The van der Waals surface area contributed by atoms with E-state index in [0.717, 1.165) is 31.2 Å². The standard InChI is InChI=1S/C24H33N3OS/c1-2-25(19-23-7-6-18-29-23)24(28)20-8-10-21(11-9-20)27-16-12-22(13-17-27)26-14-4-3-5-15-26/h6-11,18,22H,2-5,12-17,19H2,1H3. The maximum Gasteiger partial charge on any atom is 0.254 e. The summed E-state index contributed by atoms with van der Waals surface area (Å²) in [6.45, 7) is 8.29. The van der Waals surface area contributed by atoms with Crippen molar-refractivity contribution in [1.82, 2.24) is 9.80 Å². The van der Waals surface area contributed by atoms with Gasteiger partial charge < -0.3 is 14.7 Å². The second kappa shape index (κ2) is 9.77. The van der Waals surface area contributed by atoms with Crippen molar-refractivity contribution < 1.29 is 4.79 Å². The Morgan fingerprint density at radius 1 is 1.03 bits per heavy atom. The summed E-state index contributed by atoms with van der Waals surface area (Å²) in [6, 6.07) is 13.2. The van der Waals surface area contributed by atoms with Gasteiger partial charge in [0, 0.05) is 41.8 Å². The van der Waals surface area contributed by atoms with Crippen LogP contribution in [0.25, 0.3) is 0 Å². The summed E-state index contributed by atoms with van der Waals surface area (Å²) in [5.41, 5.74) is 2.04. The number of rotatable bonds is 6. The van der Waals surface area contributed by atoms with E-state index >= 15 is 0 Å². The largest absolute Gasteiger partial charge is 0.371 e. The van der Waals surface area contributed by atoms with Gasteiger partial charge in [-0.15, -0.1) is 11.3 Å². The van der Waals surface area contributed by atoms with Crippen LogP contribution >= 0.6 is 11.3 Å². The highest BCUT2D eigenvalue weighted by Crippen LogP contribution is 2.25. The summed E-state index contributed by atoms with van der Waals surface area (Å²) >= 11 is 1.71. The molecule has 0 atom stereocenters. The normalized spacial score (nSPS) is 18.7. The molecule has 2 fully saturated rings. The summed E-state index contributed by atoms with van der Waals surface area (Å²) in [5, 5.41) is 2.07. The second-order valence-corrected chi connectivity index (χ2v) is 9.29. The molecular formula is C24H33N3OS. The Labute approximate surface area is 179 Å². The quantitative estimate of drug-likeness (QED) is 0.679. The van der Waals surface area contributed by atoms with Crippen molar-refractivity contribution in [2.75, 3.05) is 37.6 Å².